The molecule has 1 amide bonds. The molecule has 0 spiro atoms. The molecule has 5 heteroatoms. The van der Waals surface area contributed by atoms with Gasteiger partial charge in [-0.3, -0.25) is 9.89 Å². The summed E-state index contributed by atoms with van der Waals surface area (Å²) >= 11 is 1.74. The predicted octanol–water partition coefficient (Wildman–Crippen LogP) is 3.20. The number of nitrogens with one attached hydrogen (secondary N) is 1. The second-order valence-corrected chi connectivity index (χ2v) is 6.54. The Hall–Kier alpha value is -2.14. The molecule has 4 nitrogen and oxygen atoms in total. The van der Waals surface area contributed by atoms with E-state index in [-0.39, 0.29) is 11.8 Å². The molecular formula is C16H15N3OS. The smallest absolute Gasteiger partial charge is 0.226 e. The van der Waals surface area contributed by atoms with Crippen LogP contribution in [0, 0.1) is 0 Å². The average Bonchev–Trinajstić information content (AvgIpc) is 3.09. The summed E-state index contributed by atoms with van der Waals surface area (Å²) < 4.78 is 1.26. The minimum atomic E-state index is -0.262. The predicted molar refractivity (Wildman–Crippen MR) is 84.3 cm³/mol. The zero-order valence-electron chi connectivity index (χ0n) is 11.4. The van der Waals surface area contributed by atoms with Crippen LogP contribution in [0.5, 0.6) is 0 Å². The molecular weight excluding hydrogens is 282 g/mol. The van der Waals surface area contributed by atoms with Gasteiger partial charge < -0.3 is 5.73 Å². The highest BCUT2D eigenvalue weighted by atomic mass is 32.1. The quantitative estimate of drug-likeness (QED) is 0.762. The second-order valence-electron chi connectivity index (χ2n) is 5.46. The number of amides is 1. The number of aromatic amines is 1. The first-order valence-corrected chi connectivity index (χ1v) is 7.91. The summed E-state index contributed by atoms with van der Waals surface area (Å²) in [6.45, 7) is 0. The van der Waals surface area contributed by atoms with Gasteiger partial charge in [-0.05, 0) is 36.8 Å². The fourth-order valence-electron chi connectivity index (χ4n) is 3.13. The Kier molecular flexibility index (Phi) is 2.82. The molecule has 0 saturated heterocycles. The molecule has 3 N–H and O–H groups in total. The van der Waals surface area contributed by atoms with Gasteiger partial charge in [-0.1, -0.05) is 18.2 Å². The highest BCUT2D eigenvalue weighted by Crippen LogP contribution is 2.39. The molecule has 2 heterocycles. The minimum Gasteiger partial charge on any atom is -0.369 e. The van der Waals surface area contributed by atoms with Gasteiger partial charge in [0.05, 0.1) is 16.5 Å². The Bertz CT molecular complexity index is 800. The van der Waals surface area contributed by atoms with Gasteiger partial charge >= 0.3 is 0 Å². The minimum absolute atomic E-state index is 0.218. The molecule has 0 saturated carbocycles. The van der Waals surface area contributed by atoms with Gasteiger partial charge in [0.1, 0.15) is 5.69 Å². The lowest BCUT2D eigenvalue weighted by atomic mass is 9.86. The van der Waals surface area contributed by atoms with Gasteiger partial charge in [-0.15, -0.1) is 11.3 Å². The van der Waals surface area contributed by atoms with E-state index in [4.69, 9.17) is 5.73 Å². The van der Waals surface area contributed by atoms with Crippen molar-refractivity contribution in [3.05, 3.63) is 41.6 Å². The summed E-state index contributed by atoms with van der Waals surface area (Å²) in [7, 11) is 0. The normalized spacial score (nSPS) is 17.8. The molecule has 0 fully saturated rings. The number of nitrogens with two attached hydrogens (primary N) is 1. The number of nitrogens with zero attached hydrogens (tertiary/aromatic N) is 1. The van der Waals surface area contributed by atoms with Gasteiger partial charge in [-0.2, -0.15) is 5.10 Å². The number of H-pyrrole nitrogens is 1. The summed E-state index contributed by atoms with van der Waals surface area (Å²) in [4.78, 5) is 12.7. The molecule has 0 radical (unpaired) electrons. The topological polar surface area (TPSA) is 71.8 Å². The molecule has 4 rings (SSSR count). The van der Waals surface area contributed by atoms with Crippen LogP contribution in [0.4, 0.5) is 0 Å². The molecule has 1 aromatic carbocycles. The molecule has 106 valence electrons. The lowest BCUT2D eigenvalue weighted by molar-refractivity contribution is -0.119. The molecule has 2 aromatic heterocycles. The molecule has 1 aliphatic carbocycles. The third-order valence-corrected chi connectivity index (χ3v) is 5.29. The van der Waals surface area contributed by atoms with Crippen LogP contribution in [-0.2, 0) is 11.2 Å². The van der Waals surface area contributed by atoms with Crippen molar-refractivity contribution in [2.24, 2.45) is 5.73 Å². The maximum atomic E-state index is 11.6. The fraction of sp³-hybridized carbons (Fsp3) is 0.250. The zero-order chi connectivity index (χ0) is 14.4. The molecule has 1 atom stereocenters. The second kappa shape index (κ2) is 4.70. The zero-order valence-corrected chi connectivity index (χ0v) is 12.2. The van der Waals surface area contributed by atoms with E-state index in [0.717, 1.165) is 41.1 Å². The van der Waals surface area contributed by atoms with Gasteiger partial charge in [0.2, 0.25) is 5.91 Å². The Morgan fingerprint density at radius 3 is 3.05 bits per heavy atom. The fourth-order valence-corrected chi connectivity index (χ4v) is 4.21. The number of benzene rings is 1. The Morgan fingerprint density at radius 2 is 2.24 bits per heavy atom. The number of fused-ring (bicyclic) bond motifs is 2. The van der Waals surface area contributed by atoms with Crippen molar-refractivity contribution in [3.8, 4) is 10.6 Å². The Labute approximate surface area is 126 Å². The Balaban J connectivity index is 1.84. The number of hydrogen-bond donors (Lipinski definition) is 2. The van der Waals surface area contributed by atoms with E-state index in [0.29, 0.717) is 0 Å². The monoisotopic (exact) mass is 297 g/mol. The number of hydrogen-bond acceptors (Lipinski definition) is 3. The van der Waals surface area contributed by atoms with Crippen LogP contribution in [0.3, 0.4) is 0 Å². The van der Waals surface area contributed by atoms with Crippen molar-refractivity contribution in [2.75, 3.05) is 0 Å². The summed E-state index contributed by atoms with van der Waals surface area (Å²) in [5.41, 5.74) is 8.57. The Morgan fingerprint density at radius 1 is 1.38 bits per heavy atom. The van der Waals surface area contributed by atoms with Crippen LogP contribution in [0.1, 0.15) is 30.0 Å². The number of rotatable bonds is 2. The van der Waals surface area contributed by atoms with Crippen molar-refractivity contribution in [3.63, 3.8) is 0 Å². The first kappa shape index (κ1) is 12.6. The number of carbonyl (C=O) groups is 1. The van der Waals surface area contributed by atoms with E-state index in [1.807, 2.05) is 12.1 Å². The van der Waals surface area contributed by atoms with Crippen LogP contribution in [0.15, 0.2) is 30.3 Å². The molecule has 0 bridgehead atoms. The highest BCUT2D eigenvalue weighted by molar-refractivity contribution is 7.22. The number of primary amides is 1. The molecule has 0 aliphatic heterocycles. The van der Waals surface area contributed by atoms with Gasteiger partial charge in [0.25, 0.3) is 0 Å². The van der Waals surface area contributed by atoms with Crippen molar-refractivity contribution in [2.45, 2.75) is 25.2 Å². The van der Waals surface area contributed by atoms with E-state index in [9.17, 15) is 4.79 Å². The number of carbonyl (C=O) groups excluding carboxylic acids is 1. The van der Waals surface area contributed by atoms with Crippen molar-refractivity contribution >= 4 is 27.3 Å². The maximum absolute atomic E-state index is 11.6. The van der Waals surface area contributed by atoms with Crippen molar-refractivity contribution < 1.29 is 4.79 Å². The largest absolute Gasteiger partial charge is 0.369 e. The summed E-state index contributed by atoms with van der Waals surface area (Å²) in [5.74, 6) is -0.480. The standard InChI is InChI=1S/C16H15N3OS/c17-16(20)11-6-3-5-10-14(11)18-19-15(10)13-8-9-4-1-2-7-12(9)21-13/h1-2,4,7-8,11H,3,5-6H2,(H2,17,20)(H,18,19). The van der Waals surface area contributed by atoms with Crippen molar-refractivity contribution in [1.29, 1.82) is 0 Å². The van der Waals surface area contributed by atoms with E-state index < -0.39 is 0 Å². The third-order valence-electron chi connectivity index (χ3n) is 4.17. The molecule has 21 heavy (non-hydrogen) atoms. The molecule has 1 unspecified atom stereocenters. The molecule has 3 aromatic rings. The van der Waals surface area contributed by atoms with E-state index in [2.05, 4.69) is 28.4 Å². The first-order valence-electron chi connectivity index (χ1n) is 7.09. The van der Waals surface area contributed by atoms with Crippen LogP contribution in [-0.4, -0.2) is 16.1 Å². The average molecular weight is 297 g/mol. The maximum Gasteiger partial charge on any atom is 0.226 e. The van der Waals surface area contributed by atoms with E-state index >= 15 is 0 Å². The number of aromatic nitrogens is 2. The highest BCUT2D eigenvalue weighted by Gasteiger charge is 2.29. The SMILES string of the molecule is NC(=O)C1CCCc2c(-c3cc4ccccc4s3)n[nH]c21. The van der Waals surface area contributed by atoms with E-state index in [1.165, 1.54) is 10.1 Å². The molecule has 1 aliphatic rings. The van der Waals surface area contributed by atoms with Crippen LogP contribution in [0.25, 0.3) is 20.7 Å². The number of thiophene rings is 1. The third kappa shape index (κ3) is 1.96. The summed E-state index contributed by atoms with van der Waals surface area (Å²) in [6.07, 6.45) is 2.76. The van der Waals surface area contributed by atoms with Gasteiger partial charge in [-0.25, -0.2) is 0 Å². The van der Waals surface area contributed by atoms with Gasteiger partial charge in [0, 0.05) is 10.3 Å². The van der Waals surface area contributed by atoms with Crippen LogP contribution in [0.2, 0.25) is 0 Å². The van der Waals surface area contributed by atoms with E-state index in [1.54, 1.807) is 11.3 Å². The van der Waals surface area contributed by atoms with Crippen molar-refractivity contribution in [1.82, 2.24) is 10.2 Å². The van der Waals surface area contributed by atoms with Crippen LogP contribution >= 0.6 is 11.3 Å². The van der Waals surface area contributed by atoms with Crippen LogP contribution < -0.4 is 5.73 Å². The lowest BCUT2D eigenvalue weighted by Gasteiger charge is -2.19. The summed E-state index contributed by atoms with van der Waals surface area (Å²) in [5, 5.41) is 8.76. The van der Waals surface area contributed by atoms with Gasteiger partial charge in [0.15, 0.2) is 0 Å². The first-order chi connectivity index (χ1) is 10.2. The summed E-state index contributed by atoms with van der Waals surface area (Å²) in [6, 6.07) is 10.5. The lowest BCUT2D eigenvalue weighted by Crippen LogP contribution is -2.25.